The number of benzene rings is 8. The molecule has 266 valence electrons. The van der Waals surface area contributed by atoms with E-state index in [9.17, 15) is 0 Å². The Labute approximate surface area is 325 Å². The topological polar surface area (TPSA) is 69.9 Å². The Bertz CT molecular complexity index is 3530. The summed E-state index contributed by atoms with van der Waals surface area (Å²) in [5, 5.41) is 6.35. The highest BCUT2D eigenvalue weighted by molar-refractivity contribution is 6.26. The van der Waals surface area contributed by atoms with Crippen LogP contribution >= 0.6 is 0 Å². The number of rotatable bonds is 5. The Balaban J connectivity index is 1.15. The van der Waals surface area contributed by atoms with Crippen molar-refractivity contribution in [2.75, 3.05) is 0 Å². The second-order valence-corrected chi connectivity index (χ2v) is 14.4. The van der Waals surface area contributed by atoms with Gasteiger partial charge in [0.25, 0.3) is 0 Å². The van der Waals surface area contributed by atoms with Crippen molar-refractivity contribution in [3.8, 4) is 51.0 Å². The average molecular weight is 731 g/mol. The molecule has 0 spiro atoms. The molecule has 8 aromatic carbocycles. The normalized spacial score (nSPS) is 11.9. The van der Waals surface area contributed by atoms with Crippen molar-refractivity contribution in [3.05, 3.63) is 182 Å². The van der Waals surface area contributed by atoms with E-state index >= 15 is 0 Å². The molecule has 0 N–H and O–H groups in total. The van der Waals surface area contributed by atoms with Gasteiger partial charge in [-0.2, -0.15) is 0 Å². The third-order valence-electron chi connectivity index (χ3n) is 11.0. The zero-order valence-corrected chi connectivity index (χ0v) is 30.4. The van der Waals surface area contributed by atoms with Crippen LogP contribution in [0.5, 0.6) is 0 Å². The van der Waals surface area contributed by atoms with Crippen molar-refractivity contribution in [1.29, 1.82) is 0 Å². The first-order chi connectivity index (χ1) is 28.2. The van der Waals surface area contributed by atoms with Crippen LogP contribution < -0.4 is 0 Å². The molecule has 6 nitrogen and oxygen atoms in total. The minimum Gasteiger partial charge on any atom is -0.456 e. The molecular formula is C51H30N4O2. The van der Waals surface area contributed by atoms with Gasteiger partial charge in [0.15, 0.2) is 17.5 Å². The van der Waals surface area contributed by atoms with Gasteiger partial charge in [0.05, 0.1) is 16.4 Å². The van der Waals surface area contributed by atoms with Gasteiger partial charge in [-0.25, -0.2) is 15.0 Å². The summed E-state index contributed by atoms with van der Waals surface area (Å²) in [4.78, 5) is 15.8. The first kappa shape index (κ1) is 31.5. The smallest absolute Gasteiger partial charge is 0.164 e. The number of aromatic nitrogens is 4. The van der Waals surface area contributed by atoms with Gasteiger partial charge in [-0.1, -0.05) is 115 Å². The molecule has 0 unspecified atom stereocenters. The molecule has 0 fully saturated rings. The summed E-state index contributed by atoms with van der Waals surface area (Å²) in [5.41, 5.74) is 11.3. The summed E-state index contributed by atoms with van der Waals surface area (Å²) in [6.07, 6.45) is 0. The molecule has 4 aromatic heterocycles. The van der Waals surface area contributed by atoms with E-state index < -0.39 is 0 Å². The van der Waals surface area contributed by atoms with Gasteiger partial charge in [-0.3, -0.25) is 0 Å². The molecule has 0 saturated heterocycles. The van der Waals surface area contributed by atoms with Crippen LogP contribution in [0.2, 0.25) is 0 Å². The van der Waals surface area contributed by atoms with Crippen molar-refractivity contribution in [2.24, 2.45) is 0 Å². The zero-order valence-electron chi connectivity index (χ0n) is 30.4. The summed E-state index contributed by atoms with van der Waals surface area (Å²) in [7, 11) is 0. The predicted molar refractivity (Wildman–Crippen MR) is 230 cm³/mol. The molecule has 0 aliphatic heterocycles. The van der Waals surface area contributed by atoms with Crippen LogP contribution in [0.1, 0.15) is 0 Å². The minimum absolute atomic E-state index is 0.560. The van der Waals surface area contributed by atoms with Gasteiger partial charge in [0, 0.05) is 49.3 Å². The van der Waals surface area contributed by atoms with Crippen LogP contribution in [0, 0.1) is 0 Å². The summed E-state index contributed by atoms with van der Waals surface area (Å²) < 4.78 is 15.2. The molecule has 0 aliphatic rings. The second-order valence-electron chi connectivity index (χ2n) is 14.4. The average Bonchev–Trinajstić information content (AvgIpc) is 3.96. The van der Waals surface area contributed by atoms with Crippen LogP contribution in [-0.4, -0.2) is 19.5 Å². The van der Waals surface area contributed by atoms with Crippen LogP contribution in [0.25, 0.3) is 117 Å². The van der Waals surface area contributed by atoms with Crippen molar-refractivity contribution < 1.29 is 8.83 Å². The largest absolute Gasteiger partial charge is 0.456 e. The van der Waals surface area contributed by atoms with E-state index in [-0.39, 0.29) is 0 Å². The fourth-order valence-corrected chi connectivity index (χ4v) is 8.48. The third kappa shape index (κ3) is 4.94. The number of nitrogens with zero attached hydrogens (tertiary/aromatic N) is 4. The highest BCUT2D eigenvalue weighted by Gasteiger charge is 2.23. The predicted octanol–water partition coefficient (Wildman–Crippen LogP) is 13.4. The lowest BCUT2D eigenvalue weighted by Crippen LogP contribution is -2.00. The summed E-state index contributed by atoms with van der Waals surface area (Å²) in [6.45, 7) is 0. The lowest BCUT2D eigenvalue weighted by molar-refractivity contribution is 0.668. The number of para-hydroxylation sites is 3. The fourth-order valence-electron chi connectivity index (χ4n) is 8.48. The summed E-state index contributed by atoms with van der Waals surface area (Å²) >= 11 is 0. The maximum atomic E-state index is 6.69. The van der Waals surface area contributed by atoms with Crippen LogP contribution in [-0.2, 0) is 0 Å². The molecule has 0 saturated carbocycles. The van der Waals surface area contributed by atoms with E-state index in [1.807, 2.05) is 48.5 Å². The molecule has 0 bridgehead atoms. The van der Waals surface area contributed by atoms with Crippen molar-refractivity contribution in [3.63, 3.8) is 0 Å². The Morgan fingerprint density at radius 3 is 1.81 bits per heavy atom. The van der Waals surface area contributed by atoms with Crippen LogP contribution in [0.15, 0.2) is 191 Å². The standard InChI is InChI=1S/C51H30N4O2/c1-3-13-31(14-4-1)32-15-11-16-33(29-32)49-52-50(34-25-27-43-40(30-34)37-20-8-10-23-42(37)56-43)54-51(53-49)39-21-12-24-44-46(39)47-45(57-44)28-26-38-36-19-7-9-22-41(36)55(48(38)47)35-17-5-2-6-18-35/h1-30H. The number of fused-ring (bicyclic) bond motifs is 10. The van der Waals surface area contributed by atoms with E-state index in [1.165, 1.54) is 5.39 Å². The Morgan fingerprint density at radius 1 is 0.351 bits per heavy atom. The fraction of sp³-hybridized carbons (Fsp3) is 0. The van der Waals surface area contributed by atoms with Gasteiger partial charge in [0.1, 0.15) is 22.3 Å². The molecule has 0 amide bonds. The van der Waals surface area contributed by atoms with E-state index in [4.69, 9.17) is 23.8 Å². The minimum atomic E-state index is 0.560. The van der Waals surface area contributed by atoms with Gasteiger partial charge < -0.3 is 13.4 Å². The van der Waals surface area contributed by atoms with E-state index in [0.29, 0.717) is 17.5 Å². The molecule has 6 heteroatoms. The number of furan rings is 2. The van der Waals surface area contributed by atoms with Crippen molar-refractivity contribution in [1.82, 2.24) is 19.5 Å². The summed E-state index contributed by atoms with van der Waals surface area (Å²) in [5.74, 6) is 1.71. The molecule has 4 heterocycles. The highest BCUT2D eigenvalue weighted by atomic mass is 16.3. The molecule has 57 heavy (non-hydrogen) atoms. The highest BCUT2D eigenvalue weighted by Crippen LogP contribution is 2.44. The van der Waals surface area contributed by atoms with Gasteiger partial charge >= 0.3 is 0 Å². The Hall–Kier alpha value is -7.83. The molecule has 0 radical (unpaired) electrons. The molecule has 12 aromatic rings. The number of hydrogen-bond donors (Lipinski definition) is 0. The molecular weight excluding hydrogens is 701 g/mol. The maximum absolute atomic E-state index is 6.69. The van der Waals surface area contributed by atoms with E-state index in [0.717, 1.165) is 93.8 Å². The SMILES string of the molecule is c1ccc(-c2cccc(-c3nc(-c4ccc5oc6ccccc6c5c4)nc(-c4cccc5oc6ccc7c8ccccc8n(-c8ccccc8)c7c6c45)n3)c2)cc1. The first-order valence-corrected chi connectivity index (χ1v) is 19.0. The summed E-state index contributed by atoms with van der Waals surface area (Å²) in [6, 6.07) is 62.6. The van der Waals surface area contributed by atoms with Crippen LogP contribution in [0.4, 0.5) is 0 Å². The van der Waals surface area contributed by atoms with Crippen molar-refractivity contribution >= 4 is 65.7 Å². The molecule has 12 rings (SSSR count). The first-order valence-electron chi connectivity index (χ1n) is 19.0. The van der Waals surface area contributed by atoms with Crippen LogP contribution in [0.3, 0.4) is 0 Å². The molecule has 0 atom stereocenters. The molecule has 0 aliphatic carbocycles. The lowest BCUT2D eigenvalue weighted by atomic mass is 10.0. The third-order valence-corrected chi connectivity index (χ3v) is 11.0. The Kier molecular flexibility index (Phi) is 6.83. The zero-order chi connectivity index (χ0) is 37.5. The Morgan fingerprint density at radius 2 is 0.947 bits per heavy atom. The van der Waals surface area contributed by atoms with E-state index in [1.54, 1.807) is 0 Å². The van der Waals surface area contributed by atoms with Crippen molar-refractivity contribution in [2.45, 2.75) is 0 Å². The lowest BCUT2D eigenvalue weighted by Gasteiger charge is -2.11. The van der Waals surface area contributed by atoms with E-state index in [2.05, 4.69) is 138 Å². The van der Waals surface area contributed by atoms with Gasteiger partial charge in [0.2, 0.25) is 0 Å². The van der Waals surface area contributed by atoms with Gasteiger partial charge in [-0.15, -0.1) is 0 Å². The monoisotopic (exact) mass is 730 g/mol. The number of hydrogen-bond acceptors (Lipinski definition) is 5. The maximum Gasteiger partial charge on any atom is 0.164 e. The van der Waals surface area contributed by atoms with Gasteiger partial charge in [-0.05, 0) is 77.9 Å². The quantitative estimate of drug-likeness (QED) is 0.176. The second kappa shape index (κ2) is 12.3.